The zero-order valence-corrected chi connectivity index (χ0v) is 11.2. The zero-order chi connectivity index (χ0) is 13.3. The summed E-state index contributed by atoms with van der Waals surface area (Å²) in [5.74, 6) is -0.570. The van der Waals surface area contributed by atoms with Crippen molar-refractivity contribution in [2.45, 2.75) is 18.9 Å². The first kappa shape index (κ1) is 13.8. The van der Waals surface area contributed by atoms with Crippen LogP contribution < -0.4 is 0 Å². The van der Waals surface area contributed by atoms with Gasteiger partial charge in [0.05, 0.1) is 22.6 Å². The molecule has 3 nitrogen and oxygen atoms in total. The van der Waals surface area contributed by atoms with Gasteiger partial charge >= 0.3 is 0 Å². The van der Waals surface area contributed by atoms with Crippen molar-refractivity contribution in [3.8, 4) is 0 Å². The van der Waals surface area contributed by atoms with Crippen molar-refractivity contribution in [2.24, 2.45) is 5.92 Å². The molecule has 18 heavy (non-hydrogen) atoms. The lowest BCUT2D eigenvalue weighted by molar-refractivity contribution is 0.120. The average Bonchev–Trinajstić information content (AvgIpc) is 2.64. The van der Waals surface area contributed by atoms with Crippen LogP contribution in [0.4, 0.5) is 4.39 Å². The Morgan fingerprint density at radius 3 is 2.78 bits per heavy atom. The Balaban J connectivity index is 2.03. The molecule has 1 aliphatic rings. The van der Waals surface area contributed by atoms with Crippen molar-refractivity contribution < 1.29 is 17.9 Å². The molecule has 0 bridgehead atoms. The Morgan fingerprint density at radius 2 is 2.22 bits per heavy atom. The molecule has 1 aliphatic heterocycles. The van der Waals surface area contributed by atoms with Crippen molar-refractivity contribution in [1.29, 1.82) is 0 Å². The molecule has 1 heterocycles. The second-order valence-electron chi connectivity index (χ2n) is 4.68. The number of hydrogen-bond acceptors (Lipinski definition) is 3. The third-order valence-corrected chi connectivity index (χ3v) is 5.32. The largest absolute Gasteiger partial charge is 0.392 e. The van der Waals surface area contributed by atoms with Crippen LogP contribution in [-0.2, 0) is 16.3 Å². The van der Waals surface area contributed by atoms with Gasteiger partial charge in [-0.3, -0.25) is 0 Å². The average molecular weight is 293 g/mol. The van der Waals surface area contributed by atoms with E-state index in [1.165, 1.54) is 12.1 Å². The monoisotopic (exact) mass is 292 g/mol. The van der Waals surface area contributed by atoms with Crippen molar-refractivity contribution in [1.82, 2.24) is 0 Å². The van der Waals surface area contributed by atoms with E-state index in [9.17, 15) is 17.9 Å². The van der Waals surface area contributed by atoms with E-state index < -0.39 is 21.8 Å². The lowest BCUT2D eigenvalue weighted by Crippen LogP contribution is -2.23. The van der Waals surface area contributed by atoms with Crippen molar-refractivity contribution >= 4 is 21.4 Å². The summed E-state index contributed by atoms with van der Waals surface area (Å²) in [6, 6.07) is 4.26. The normalized spacial score (nSPS) is 24.1. The van der Waals surface area contributed by atoms with Crippen LogP contribution in [0.2, 0.25) is 5.02 Å². The summed E-state index contributed by atoms with van der Waals surface area (Å²) in [7, 11) is -2.99. The fourth-order valence-corrected chi connectivity index (χ4v) is 4.27. The number of aliphatic hydroxyl groups is 1. The molecule has 1 saturated heterocycles. The molecule has 0 aliphatic carbocycles. The van der Waals surface area contributed by atoms with Crippen LogP contribution in [-0.4, -0.2) is 31.1 Å². The van der Waals surface area contributed by atoms with E-state index in [4.69, 9.17) is 11.6 Å². The summed E-state index contributed by atoms with van der Waals surface area (Å²) >= 11 is 5.65. The van der Waals surface area contributed by atoms with Crippen LogP contribution in [0.5, 0.6) is 0 Å². The summed E-state index contributed by atoms with van der Waals surface area (Å²) < 4.78 is 35.6. The van der Waals surface area contributed by atoms with Gasteiger partial charge < -0.3 is 5.11 Å². The van der Waals surface area contributed by atoms with Crippen LogP contribution >= 0.6 is 11.6 Å². The van der Waals surface area contributed by atoms with Crippen LogP contribution in [0.15, 0.2) is 18.2 Å². The Labute approximate surface area is 111 Å². The Bertz CT molecular complexity index is 544. The third-order valence-electron chi connectivity index (χ3n) is 3.24. The van der Waals surface area contributed by atoms with E-state index >= 15 is 0 Å². The molecule has 0 saturated carbocycles. The molecule has 1 fully saturated rings. The van der Waals surface area contributed by atoms with Gasteiger partial charge in [-0.2, -0.15) is 0 Å². The summed E-state index contributed by atoms with van der Waals surface area (Å²) in [5.41, 5.74) is 0.707. The van der Waals surface area contributed by atoms with Gasteiger partial charge in [0.1, 0.15) is 5.82 Å². The highest BCUT2D eigenvalue weighted by atomic mass is 35.5. The lowest BCUT2D eigenvalue weighted by Gasteiger charge is -2.16. The molecule has 0 aromatic heterocycles. The standard InChI is InChI=1S/C12H14ClFO3S/c13-10-5-8(1-2-11(10)14)6-12(15)9-3-4-18(16,17)7-9/h1-2,5,9,12,15H,3-4,6-7H2. The smallest absolute Gasteiger partial charge is 0.150 e. The quantitative estimate of drug-likeness (QED) is 0.924. The van der Waals surface area contributed by atoms with E-state index in [1.54, 1.807) is 6.07 Å². The highest BCUT2D eigenvalue weighted by Crippen LogP contribution is 2.25. The number of benzene rings is 1. The molecule has 1 aromatic carbocycles. The van der Waals surface area contributed by atoms with E-state index in [1.807, 2.05) is 0 Å². The fourth-order valence-electron chi connectivity index (χ4n) is 2.20. The minimum Gasteiger partial charge on any atom is -0.392 e. The van der Waals surface area contributed by atoms with Crippen LogP contribution in [0.1, 0.15) is 12.0 Å². The molecule has 6 heteroatoms. The Morgan fingerprint density at radius 1 is 1.50 bits per heavy atom. The molecule has 2 atom stereocenters. The first-order valence-corrected chi connectivity index (χ1v) is 7.90. The predicted molar refractivity (Wildman–Crippen MR) is 67.9 cm³/mol. The molecule has 0 radical (unpaired) electrons. The molecule has 0 spiro atoms. The number of hydrogen-bond donors (Lipinski definition) is 1. The van der Waals surface area contributed by atoms with Gasteiger partial charge in [0.2, 0.25) is 0 Å². The first-order chi connectivity index (χ1) is 8.37. The van der Waals surface area contributed by atoms with E-state index in [-0.39, 0.29) is 22.4 Å². The topological polar surface area (TPSA) is 54.4 Å². The summed E-state index contributed by atoms with van der Waals surface area (Å²) in [6.07, 6.45) is 0.0438. The third kappa shape index (κ3) is 3.22. The lowest BCUT2D eigenvalue weighted by atomic mass is 9.96. The van der Waals surface area contributed by atoms with Gasteiger partial charge in [-0.15, -0.1) is 0 Å². The van der Waals surface area contributed by atoms with Gasteiger partial charge in [-0.1, -0.05) is 17.7 Å². The van der Waals surface area contributed by atoms with Crippen LogP contribution in [0.3, 0.4) is 0 Å². The maximum absolute atomic E-state index is 13.0. The molecule has 2 unspecified atom stereocenters. The van der Waals surface area contributed by atoms with Gasteiger partial charge in [0.25, 0.3) is 0 Å². The molecule has 0 amide bonds. The van der Waals surface area contributed by atoms with E-state index in [2.05, 4.69) is 0 Å². The van der Waals surface area contributed by atoms with Gasteiger partial charge in [0.15, 0.2) is 9.84 Å². The van der Waals surface area contributed by atoms with Crippen LogP contribution in [0, 0.1) is 11.7 Å². The second-order valence-corrected chi connectivity index (χ2v) is 7.32. The summed E-state index contributed by atoms with van der Waals surface area (Å²) in [4.78, 5) is 0. The minimum atomic E-state index is -2.99. The molecular weight excluding hydrogens is 279 g/mol. The number of aliphatic hydroxyl groups excluding tert-OH is 1. The predicted octanol–water partition coefficient (Wildman–Crippen LogP) is 1.82. The minimum absolute atomic E-state index is 0.0127. The summed E-state index contributed by atoms with van der Waals surface area (Å²) in [6.45, 7) is 0. The number of sulfone groups is 1. The molecule has 1 aromatic rings. The molecule has 1 N–H and O–H groups in total. The Kier molecular flexibility index (Phi) is 3.94. The molecule has 100 valence electrons. The summed E-state index contributed by atoms with van der Waals surface area (Å²) in [5, 5.41) is 10.0. The maximum atomic E-state index is 13.0. The molecule has 2 rings (SSSR count). The zero-order valence-electron chi connectivity index (χ0n) is 9.64. The van der Waals surface area contributed by atoms with Crippen molar-refractivity contribution in [2.75, 3.05) is 11.5 Å². The Hall–Kier alpha value is -0.650. The van der Waals surface area contributed by atoms with Gasteiger partial charge in [-0.25, -0.2) is 12.8 Å². The van der Waals surface area contributed by atoms with E-state index in [0.717, 1.165) is 0 Å². The SMILES string of the molecule is O=S1(=O)CCC(C(O)Cc2ccc(F)c(Cl)c2)C1. The number of rotatable bonds is 3. The number of halogens is 2. The first-order valence-electron chi connectivity index (χ1n) is 5.70. The molecular formula is C12H14ClFO3S. The maximum Gasteiger partial charge on any atom is 0.150 e. The van der Waals surface area contributed by atoms with E-state index in [0.29, 0.717) is 18.4 Å². The van der Waals surface area contributed by atoms with Crippen LogP contribution in [0.25, 0.3) is 0 Å². The fraction of sp³-hybridized carbons (Fsp3) is 0.500. The van der Waals surface area contributed by atoms with Crippen molar-refractivity contribution in [3.63, 3.8) is 0 Å². The highest BCUT2D eigenvalue weighted by Gasteiger charge is 2.32. The second kappa shape index (κ2) is 5.15. The van der Waals surface area contributed by atoms with Crippen molar-refractivity contribution in [3.05, 3.63) is 34.6 Å². The van der Waals surface area contributed by atoms with Gasteiger partial charge in [0, 0.05) is 5.92 Å². The highest BCUT2D eigenvalue weighted by molar-refractivity contribution is 7.91. The van der Waals surface area contributed by atoms with Gasteiger partial charge in [-0.05, 0) is 30.5 Å².